The monoisotopic (exact) mass is 479 g/mol. The van der Waals surface area contributed by atoms with Crippen molar-refractivity contribution in [2.45, 2.75) is 79.5 Å². The van der Waals surface area contributed by atoms with Gasteiger partial charge >= 0.3 is 6.09 Å². The van der Waals surface area contributed by atoms with Crippen molar-refractivity contribution in [1.82, 2.24) is 20.7 Å². The number of carbonyl (C=O) groups is 4. The number of amides is 4. The van der Waals surface area contributed by atoms with E-state index in [0.717, 1.165) is 5.01 Å². The van der Waals surface area contributed by atoms with Crippen LogP contribution in [0, 0.1) is 28.6 Å². The zero-order chi connectivity index (χ0) is 25.8. The van der Waals surface area contributed by atoms with Gasteiger partial charge in [0, 0.05) is 13.1 Å². The molecule has 192 valence electrons. The van der Waals surface area contributed by atoms with Gasteiger partial charge in [-0.05, 0) is 49.9 Å². The minimum Gasteiger partial charge on any atom is -0.442 e. The lowest BCUT2D eigenvalue weighted by Crippen LogP contribution is -2.60. The molecule has 3 aliphatic rings. The van der Waals surface area contributed by atoms with E-state index in [0.29, 0.717) is 19.5 Å². The molecule has 3 rings (SSSR count). The molecule has 0 aromatic carbocycles. The molecule has 4 amide bonds. The van der Waals surface area contributed by atoms with Gasteiger partial charge in [0.15, 0.2) is 0 Å². The van der Waals surface area contributed by atoms with Gasteiger partial charge in [0.1, 0.15) is 11.6 Å². The summed E-state index contributed by atoms with van der Waals surface area (Å²) in [5, 5.41) is 3.83. The molecule has 0 radical (unpaired) electrons. The van der Waals surface area contributed by atoms with Gasteiger partial charge in [0.25, 0.3) is 5.91 Å². The number of rotatable bonds is 4. The number of nitrogens with zero attached hydrogens (tertiary/aromatic N) is 2. The highest BCUT2D eigenvalue weighted by molar-refractivity contribution is 5.92. The van der Waals surface area contributed by atoms with Crippen molar-refractivity contribution in [1.29, 1.82) is 0 Å². The van der Waals surface area contributed by atoms with E-state index in [2.05, 4.69) is 24.6 Å². The van der Waals surface area contributed by atoms with Crippen LogP contribution in [0.4, 0.5) is 4.79 Å². The molecular formula is C24H41N5O5. The lowest BCUT2D eigenvalue weighted by atomic mass is 9.86. The summed E-state index contributed by atoms with van der Waals surface area (Å²) in [6.07, 6.45) is -0.186. The van der Waals surface area contributed by atoms with Gasteiger partial charge in [0.05, 0.1) is 18.5 Å². The van der Waals surface area contributed by atoms with Crippen molar-refractivity contribution in [2.75, 3.05) is 19.6 Å². The molecule has 10 nitrogen and oxygen atoms in total. The van der Waals surface area contributed by atoms with E-state index in [1.165, 1.54) is 0 Å². The summed E-state index contributed by atoms with van der Waals surface area (Å²) in [6, 6.07) is -1.50. The normalized spacial score (nSPS) is 28.6. The second-order valence-corrected chi connectivity index (χ2v) is 12.6. The summed E-state index contributed by atoms with van der Waals surface area (Å²) in [5.41, 5.74) is 7.62. The molecule has 3 fully saturated rings. The van der Waals surface area contributed by atoms with Gasteiger partial charge in [-0.2, -0.15) is 0 Å². The van der Waals surface area contributed by atoms with E-state index < -0.39 is 41.0 Å². The van der Waals surface area contributed by atoms with E-state index in [4.69, 9.17) is 10.5 Å². The molecule has 10 heteroatoms. The first-order chi connectivity index (χ1) is 15.4. The Hall–Kier alpha value is -2.36. The molecule has 2 heterocycles. The first-order valence-corrected chi connectivity index (χ1v) is 12.1. The molecule has 0 aromatic heterocycles. The highest BCUT2D eigenvalue weighted by Crippen LogP contribution is 2.65. The largest absolute Gasteiger partial charge is 0.442 e. The number of ether oxygens (including phenoxy) is 1. The average molecular weight is 480 g/mol. The zero-order valence-corrected chi connectivity index (χ0v) is 21.7. The molecule has 0 spiro atoms. The molecule has 34 heavy (non-hydrogen) atoms. The third-order valence-electron chi connectivity index (χ3n) is 7.38. The smallest absolute Gasteiger partial charge is 0.429 e. The van der Waals surface area contributed by atoms with Crippen molar-refractivity contribution in [3.8, 4) is 0 Å². The maximum Gasteiger partial charge on any atom is 0.429 e. The van der Waals surface area contributed by atoms with Crippen LogP contribution < -0.4 is 16.5 Å². The van der Waals surface area contributed by atoms with Crippen LogP contribution in [0.2, 0.25) is 0 Å². The molecule has 0 bridgehead atoms. The number of piperidine rings is 1. The van der Waals surface area contributed by atoms with Gasteiger partial charge in [-0.3, -0.25) is 19.8 Å². The Labute approximate surface area is 202 Å². The van der Waals surface area contributed by atoms with E-state index in [9.17, 15) is 19.2 Å². The number of carbonyl (C=O) groups excluding carboxylic acids is 4. The van der Waals surface area contributed by atoms with Crippen LogP contribution in [0.25, 0.3) is 0 Å². The number of likely N-dealkylation sites (tertiary alicyclic amines) is 1. The van der Waals surface area contributed by atoms with Crippen LogP contribution >= 0.6 is 0 Å². The lowest BCUT2D eigenvalue weighted by molar-refractivity contribution is -0.145. The number of nitrogens with two attached hydrogens (primary N) is 1. The molecule has 0 aromatic rings. The minimum absolute atomic E-state index is 0.00779. The van der Waals surface area contributed by atoms with Crippen LogP contribution in [-0.2, 0) is 19.1 Å². The molecule has 5 atom stereocenters. The van der Waals surface area contributed by atoms with Gasteiger partial charge in [-0.25, -0.2) is 9.80 Å². The van der Waals surface area contributed by atoms with Crippen LogP contribution in [0.15, 0.2) is 0 Å². The maximum atomic E-state index is 13.6. The van der Waals surface area contributed by atoms with E-state index in [1.54, 1.807) is 25.7 Å². The van der Waals surface area contributed by atoms with Gasteiger partial charge in [-0.15, -0.1) is 0 Å². The fourth-order valence-corrected chi connectivity index (χ4v) is 5.08. The Kier molecular flexibility index (Phi) is 6.71. The summed E-state index contributed by atoms with van der Waals surface area (Å²) in [5.74, 6) is -1.19. The zero-order valence-electron chi connectivity index (χ0n) is 21.7. The first-order valence-electron chi connectivity index (χ1n) is 12.1. The van der Waals surface area contributed by atoms with Crippen molar-refractivity contribution in [3.05, 3.63) is 0 Å². The van der Waals surface area contributed by atoms with E-state index in [1.807, 2.05) is 20.8 Å². The van der Waals surface area contributed by atoms with Crippen LogP contribution in [0.3, 0.4) is 0 Å². The summed E-state index contributed by atoms with van der Waals surface area (Å²) in [7, 11) is 0. The predicted molar refractivity (Wildman–Crippen MR) is 126 cm³/mol. The summed E-state index contributed by atoms with van der Waals surface area (Å²) < 4.78 is 5.48. The van der Waals surface area contributed by atoms with Gasteiger partial charge in [0.2, 0.25) is 11.8 Å². The Morgan fingerprint density at radius 2 is 1.85 bits per heavy atom. The summed E-state index contributed by atoms with van der Waals surface area (Å²) >= 11 is 0. The van der Waals surface area contributed by atoms with Crippen LogP contribution in [0.5, 0.6) is 0 Å². The lowest BCUT2D eigenvalue weighted by Gasteiger charge is -2.36. The van der Waals surface area contributed by atoms with Crippen molar-refractivity contribution >= 4 is 23.8 Å². The topological polar surface area (TPSA) is 134 Å². The van der Waals surface area contributed by atoms with Crippen molar-refractivity contribution in [2.24, 2.45) is 34.3 Å². The molecule has 0 unspecified atom stereocenters. The van der Waals surface area contributed by atoms with Crippen molar-refractivity contribution in [3.63, 3.8) is 0 Å². The van der Waals surface area contributed by atoms with Crippen LogP contribution in [0.1, 0.15) is 61.8 Å². The number of hydrazine groups is 1. The number of nitrogens with one attached hydrogen (secondary N) is 2. The maximum absolute atomic E-state index is 13.6. The number of hydrogen-bond donors (Lipinski definition) is 3. The predicted octanol–water partition coefficient (Wildman–Crippen LogP) is 1.25. The SMILES string of the molecule is CC(C)(C)OC(=O)N(C[C@@H]1CCNC1=O)NC(=O)[C@@H]1[C@@H]2[C@H](CN1C(=O)[C@@H](N)C(C)(C)C)C2(C)C. The van der Waals surface area contributed by atoms with Gasteiger partial charge < -0.3 is 20.7 Å². The van der Waals surface area contributed by atoms with Crippen LogP contribution in [-0.4, -0.2) is 71.0 Å². The second kappa shape index (κ2) is 8.70. The standard InChI is InChI=1S/C24H41N5O5/c1-22(2,3)17(25)20(32)28-12-14-15(24(14,7)8)16(28)19(31)27-29(21(33)34-23(4,5)6)11-13-9-10-26-18(13)30/h13-17H,9-12,25H2,1-8H3,(H,26,30)(H,27,31)/t13-,14-,15-,16-,17+/m0/s1. The average Bonchev–Trinajstić information content (AvgIpc) is 3.06. The highest BCUT2D eigenvalue weighted by atomic mass is 16.6. The van der Waals surface area contributed by atoms with Gasteiger partial charge in [-0.1, -0.05) is 34.6 Å². The fraction of sp³-hybridized carbons (Fsp3) is 0.833. The fourth-order valence-electron chi connectivity index (χ4n) is 5.08. The molecular weight excluding hydrogens is 438 g/mol. The Bertz CT molecular complexity index is 859. The molecule has 2 saturated heterocycles. The quantitative estimate of drug-likeness (QED) is 0.520. The second-order valence-electron chi connectivity index (χ2n) is 12.6. The first kappa shape index (κ1) is 26.2. The van der Waals surface area contributed by atoms with Crippen molar-refractivity contribution < 1.29 is 23.9 Å². The molecule has 4 N–H and O–H groups in total. The molecule has 1 aliphatic carbocycles. The van der Waals surface area contributed by atoms with E-state index in [-0.39, 0.29) is 35.6 Å². The third-order valence-corrected chi connectivity index (χ3v) is 7.38. The number of fused-ring (bicyclic) bond motifs is 1. The third kappa shape index (κ3) is 5.16. The molecule has 2 aliphatic heterocycles. The summed E-state index contributed by atoms with van der Waals surface area (Å²) in [6.45, 7) is 16.0. The number of hydrogen-bond acceptors (Lipinski definition) is 6. The van der Waals surface area contributed by atoms with E-state index >= 15 is 0 Å². The summed E-state index contributed by atoms with van der Waals surface area (Å²) in [4.78, 5) is 53.5. The Balaban J connectivity index is 1.82. The molecule has 1 saturated carbocycles. The highest BCUT2D eigenvalue weighted by Gasteiger charge is 2.69. The Morgan fingerprint density at radius 1 is 1.24 bits per heavy atom. The Morgan fingerprint density at radius 3 is 2.35 bits per heavy atom. The minimum atomic E-state index is -0.781.